The van der Waals surface area contributed by atoms with Gasteiger partial charge in [-0.2, -0.15) is 35.1 Å². The molecule has 0 aromatic carbocycles. The lowest BCUT2D eigenvalue weighted by Crippen LogP contribution is -2.38. The Bertz CT molecular complexity index is 366. The summed E-state index contributed by atoms with van der Waals surface area (Å²) in [5.74, 6) is -8.40. The van der Waals surface area contributed by atoms with E-state index < -0.39 is 52.5 Å². The van der Waals surface area contributed by atoms with Crippen molar-refractivity contribution in [1.29, 1.82) is 0 Å². The van der Waals surface area contributed by atoms with Crippen LogP contribution >= 0.6 is 0 Å². The van der Waals surface area contributed by atoms with E-state index in [9.17, 15) is 43.5 Å². The minimum Gasteiger partial charge on any atom is -0.229 e. The minimum absolute atomic E-state index is 1.51. The van der Waals surface area contributed by atoms with Gasteiger partial charge in [0.25, 0.3) is 0 Å². The van der Waals surface area contributed by atoms with Crippen molar-refractivity contribution in [3.8, 4) is 0 Å². The first kappa shape index (κ1) is 17.4. The summed E-state index contributed by atoms with van der Waals surface area (Å²) in [5, 5.41) is 0. The van der Waals surface area contributed by atoms with Crippen molar-refractivity contribution in [2.45, 2.75) is 31.1 Å². The molecular weight excluding hydrogens is 300 g/mol. The Morgan fingerprint density at radius 3 is 1.44 bits per heavy atom. The van der Waals surface area contributed by atoms with Gasteiger partial charge in [-0.05, 0) is 0 Å². The summed E-state index contributed by atoms with van der Waals surface area (Å²) in [5.41, 5.74) is 0. The molecular formula is C7H8F8O2S. The SMILES string of the molecule is O=S(=O)(CCC(F)(F)F)CCC(F)(F)C(F)(F)F. The molecule has 0 unspecified atom stereocenters. The van der Waals surface area contributed by atoms with Gasteiger partial charge in [-0.1, -0.05) is 0 Å². The van der Waals surface area contributed by atoms with Crippen molar-refractivity contribution in [1.82, 2.24) is 0 Å². The largest absolute Gasteiger partial charge is 0.453 e. The van der Waals surface area contributed by atoms with E-state index in [1.165, 1.54) is 0 Å². The highest BCUT2D eigenvalue weighted by atomic mass is 32.2. The van der Waals surface area contributed by atoms with Crippen LogP contribution in [0.1, 0.15) is 12.8 Å². The molecule has 0 amide bonds. The van der Waals surface area contributed by atoms with E-state index in [2.05, 4.69) is 0 Å². The molecule has 0 bridgehead atoms. The Morgan fingerprint density at radius 2 is 1.11 bits per heavy atom. The Hall–Kier alpha value is -0.610. The van der Waals surface area contributed by atoms with Gasteiger partial charge in [-0.3, -0.25) is 0 Å². The lowest BCUT2D eigenvalue weighted by Gasteiger charge is -2.19. The summed E-state index contributed by atoms with van der Waals surface area (Å²) in [6.45, 7) is 0. The monoisotopic (exact) mass is 308 g/mol. The van der Waals surface area contributed by atoms with Crippen LogP contribution in [0.25, 0.3) is 0 Å². The maximum Gasteiger partial charge on any atom is 0.453 e. The molecule has 0 aromatic heterocycles. The van der Waals surface area contributed by atoms with Gasteiger partial charge in [0, 0.05) is 6.42 Å². The predicted molar refractivity (Wildman–Crippen MR) is 44.9 cm³/mol. The minimum atomic E-state index is -5.92. The maximum atomic E-state index is 12.3. The van der Waals surface area contributed by atoms with Gasteiger partial charge in [0.2, 0.25) is 0 Å². The van der Waals surface area contributed by atoms with Gasteiger partial charge in [0.1, 0.15) is 0 Å². The highest BCUT2D eigenvalue weighted by Crippen LogP contribution is 2.38. The van der Waals surface area contributed by atoms with Crippen molar-refractivity contribution in [2.75, 3.05) is 11.5 Å². The van der Waals surface area contributed by atoms with Gasteiger partial charge in [-0.15, -0.1) is 0 Å². The summed E-state index contributed by atoms with van der Waals surface area (Å²) in [6.07, 6.45) is -14.6. The standard InChI is InChI=1S/C7H8F8O2S/c8-5(9,7(13,14)15)1-3-18(16,17)4-2-6(10,11)12/h1-4H2. The summed E-state index contributed by atoms with van der Waals surface area (Å²) in [4.78, 5) is 0. The first-order chi connectivity index (χ1) is 7.66. The third kappa shape index (κ3) is 6.36. The summed E-state index contributed by atoms with van der Waals surface area (Å²) in [6, 6.07) is 0. The molecule has 0 spiro atoms. The number of alkyl halides is 8. The van der Waals surface area contributed by atoms with Gasteiger partial charge in [0.15, 0.2) is 9.84 Å². The Labute approximate surface area is 96.9 Å². The first-order valence-electron chi connectivity index (χ1n) is 4.38. The molecule has 0 aliphatic heterocycles. The fourth-order valence-corrected chi connectivity index (χ4v) is 2.11. The van der Waals surface area contributed by atoms with Crippen molar-refractivity contribution in [3.05, 3.63) is 0 Å². The van der Waals surface area contributed by atoms with Crippen molar-refractivity contribution in [2.24, 2.45) is 0 Å². The molecule has 0 aromatic rings. The predicted octanol–water partition coefficient (Wildman–Crippen LogP) is 2.94. The second-order valence-electron chi connectivity index (χ2n) is 3.47. The van der Waals surface area contributed by atoms with Gasteiger partial charge >= 0.3 is 18.3 Å². The van der Waals surface area contributed by atoms with Crippen molar-refractivity contribution >= 4 is 9.84 Å². The van der Waals surface area contributed by atoms with Crippen LogP contribution < -0.4 is 0 Å². The Morgan fingerprint density at radius 1 is 0.722 bits per heavy atom. The fourth-order valence-electron chi connectivity index (χ4n) is 0.799. The van der Waals surface area contributed by atoms with E-state index in [0.29, 0.717) is 0 Å². The smallest absolute Gasteiger partial charge is 0.229 e. The number of halogens is 8. The second-order valence-corrected chi connectivity index (χ2v) is 5.77. The van der Waals surface area contributed by atoms with Crippen LogP contribution in [0.5, 0.6) is 0 Å². The molecule has 0 aliphatic carbocycles. The van der Waals surface area contributed by atoms with Crippen LogP contribution in [-0.2, 0) is 9.84 Å². The number of rotatable bonds is 5. The lowest BCUT2D eigenvalue weighted by atomic mass is 10.2. The molecule has 0 N–H and O–H groups in total. The zero-order valence-electron chi connectivity index (χ0n) is 8.58. The summed E-state index contributed by atoms with van der Waals surface area (Å²) >= 11 is 0. The topological polar surface area (TPSA) is 34.1 Å². The highest BCUT2D eigenvalue weighted by Gasteiger charge is 2.57. The molecule has 0 aliphatic rings. The fraction of sp³-hybridized carbons (Fsp3) is 1.00. The average molecular weight is 308 g/mol. The van der Waals surface area contributed by atoms with Gasteiger partial charge < -0.3 is 0 Å². The molecule has 0 saturated heterocycles. The van der Waals surface area contributed by atoms with Crippen LogP contribution in [0.2, 0.25) is 0 Å². The summed E-state index contributed by atoms with van der Waals surface area (Å²) < 4.78 is 116. The highest BCUT2D eigenvalue weighted by molar-refractivity contribution is 7.91. The van der Waals surface area contributed by atoms with E-state index in [4.69, 9.17) is 0 Å². The molecule has 0 heterocycles. The van der Waals surface area contributed by atoms with Crippen LogP contribution in [-0.4, -0.2) is 38.2 Å². The molecule has 0 radical (unpaired) electrons. The van der Waals surface area contributed by atoms with Gasteiger partial charge in [-0.25, -0.2) is 8.42 Å². The van der Waals surface area contributed by atoms with Crippen LogP contribution in [0.15, 0.2) is 0 Å². The number of sulfone groups is 1. The second kappa shape index (κ2) is 5.17. The molecule has 18 heavy (non-hydrogen) atoms. The quantitative estimate of drug-likeness (QED) is 0.732. The number of hydrogen-bond acceptors (Lipinski definition) is 2. The molecule has 110 valence electrons. The third-order valence-corrected chi connectivity index (χ3v) is 3.49. The molecule has 0 rings (SSSR count). The Kier molecular flexibility index (Phi) is 5.00. The zero-order valence-corrected chi connectivity index (χ0v) is 9.39. The van der Waals surface area contributed by atoms with E-state index >= 15 is 0 Å². The summed E-state index contributed by atoms with van der Waals surface area (Å²) in [7, 11) is -4.61. The van der Waals surface area contributed by atoms with E-state index in [-0.39, 0.29) is 0 Å². The number of hydrogen-bond donors (Lipinski definition) is 0. The van der Waals surface area contributed by atoms with E-state index in [1.807, 2.05) is 0 Å². The maximum absolute atomic E-state index is 12.3. The lowest BCUT2D eigenvalue weighted by molar-refractivity contribution is -0.282. The zero-order chi connectivity index (χ0) is 14.8. The van der Waals surface area contributed by atoms with Crippen LogP contribution in [0.3, 0.4) is 0 Å². The van der Waals surface area contributed by atoms with Gasteiger partial charge in [0.05, 0.1) is 17.9 Å². The van der Waals surface area contributed by atoms with Crippen LogP contribution in [0.4, 0.5) is 35.1 Å². The van der Waals surface area contributed by atoms with Crippen LogP contribution in [0, 0.1) is 0 Å². The molecule has 11 heteroatoms. The Balaban J connectivity index is 4.46. The first-order valence-corrected chi connectivity index (χ1v) is 6.20. The van der Waals surface area contributed by atoms with E-state index in [1.54, 1.807) is 0 Å². The normalized spacial score (nSPS) is 14.9. The van der Waals surface area contributed by atoms with Crippen molar-refractivity contribution < 1.29 is 43.5 Å². The molecule has 2 nitrogen and oxygen atoms in total. The molecule has 0 fully saturated rings. The molecule has 0 atom stereocenters. The van der Waals surface area contributed by atoms with E-state index in [0.717, 1.165) is 0 Å². The third-order valence-electron chi connectivity index (χ3n) is 1.84. The molecule has 0 saturated carbocycles. The van der Waals surface area contributed by atoms with Crippen molar-refractivity contribution in [3.63, 3.8) is 0 Å². The average Bonchev–Trinajstić information content (AvgIpc) is 2.10.